The van der Waals surface area contributed by atoms with Crippen molar-refractivity contribution in [3.05, 3.63) is 53.7 Å². The average molecular weight is 511 g/mol. The van der Waals surface area contributed by atoms with Crippen LogP contribution in [-0.4, -0.2) is 65.7 Å². The monoisotopic (exact) mass is 510 g/mol. The van der Waals surface area contributed by atoms with Gasteiger partial charge < -0.3 is 20.5 Å². The molecule has 0 bridgehead atoms. The summed E-state index contributed by atoms with van der Waals surface area (Å²) in [6.07, 6.45) is 5.79. The molecule has 0 saturated carbocycles. The number of carboxylic acid groups (broad SMARTS) is 1. The minimum Gasteiger partial charge on any atom is -0.492 e. The van der Waals surface area contributed by atoms with Crippen molar-refractivity contribution in [1.29, 1.82) is 0 Å². The van der Waals surface area contributed by atoms with Crippen LogP contribution in [0.25, 0.3) is 0 Å². The number of carbonyl (C=O) groups is 2. The number of aromatic nitrogens is 1. The number of rotatable bonds is 16. The van der Waals surface area contributed by atoms with E-state index in [0.29, 0.717) is 32.5 Å². The second kappa shape index (κ2) is 15.2. The largest absolute Gasteiger partial charge is 0.492 e. The number of ether oxygens (including phenoxy) is 1. The van der Waals surface area contributed by atoms with Crippen LogP contribution in [0.4, 0.5) is 5.82 Å². The number of pyridine rings is 1. The van der Waals surface area contributed by atoms with Gasteiger partial charge in [0.15, 0.2) is 0 Å². The minimum absolute atomic E-state index is 0.182. The highest BCUT2D eigenvalue weighted by Crippen LogP contribution is 2.20. The second-order valence-corrected chi connectivity index (χ2v) is 10.1. The molecule has 202 valence electrons. The van der Waals surface area contributed by atoms with Crippen LogP contribution < -0.4 is 15.4 Å². The maximum absolute atomic E-state index is 12.2. The van der Waals surface area contributed by atoms with E-state index < -0.39 is 12.0 Å². The molecule has 1 unspecified atom stereocenters. The van der Waals surface area contributed by atoms with Crippen molar-refractivity contribution in [2.75, 3.05) is 38.1 Å². The molecule has 1 atom stereocenters. The van der Waals surface area contributed by atoms with Crippen molar-refractivity contribution >= 4 is 17.7 Å². The number of hydrogen-bond acceptors (Lipinski definition) is 6. The SMILES string of the molecule is CC(C)CC(=O)NC(CCN(CCCCc1ccc2c(n1)NCCC2)CCOc1ccccc1)C(=O)O. The predicted molar refractivity (Wildman–Crippen MR) is 146 cm³/mol. The molecule has 2 aromatic rings. The van der Waals surface area contributed by atoms with Gasteiger partial charge in [0.25, 0.3) is 0 Å². The molecule has 2 heterocycles. The molecule has 8 heteroatoms. The Labute approximate surface area is 220 Å². The molecule has 3 rings (SSSR count). The van der Waals surface area contributed by atoms with E-state index in [9.17, 15) is 14.7 Å². The standard InChI is InChI=1S/C29H42N4O4/c1-22(2)21-27(34)32-26(29(35)36)15-18-33(19-20-37-25-11-4-3-5-12-25)17-7-6-10-24-14-13-23-9-8-16-30-28(23)31-24/h3-5,11-14,22,26H,6-10,15-21H2,1-2H3,(H,30,31)(H,32,34)(H,35,36). The summed E-state index contributed by atoms with van der Waals surface area (Å²) in [5.41, 5.74) is 2.40. The Kier molecular flexibility index (Phi) is 11.7. The number of anilines is 1. The van der Waals surface area contributed by atoms with Crippen LogP contribution in [0.3, 0.4) is 0 Å². The van der Waals surface area contributed by atoms with Crippen molar-refractivity contribution in [1.82, 2.24) is 15.2 Å². The molecular weight excluding hydrogens is 468 g/mol. The number of aryl methyl sites for hydroxylation is 2. The Hall–Kier alpha value is -3.13. The highest BCUT2D eigenvalue weighted by molar-refractivity contribution is 5.83. The fourth-order valence-electron chi connectivity index (χ4n) is 4.49. The smallest absolute Gasteiger partial charge is 0.326 e. The molecule has 1 aliphatic heterocycles. The summed E-state index contributed by atoms with van der Waals surface area (Å²) < 4.78 is 5.88. The van der Waals surface area contributed by atoms with E-state index in [-0.39, 0.29) is 11.8 Å². The Morgan fingerprint density at radius 3 is 2.68 bits per heavy atom. The van der Waals surface area contributed by atoms with Crippen molar-refractivity contribution in [3.63, 3.8) is 0 Å². The summed E-state index contributed by atoms with van der Waals surface area (Å²) in [4.78, 5) is 31.0. The van der Waals surface area contributed by atoms with Gasteiger partial charge in [-0.05, 0) is 74.8 Å². The van der Waals surface area contributed by atoms with Crippen LogP contribution in [0.2, 0.25) is 0 Å². The molecule has 1 amide bonds. The number of fused-ring (bicyclic) bond motifs is 1. The summed E-state index contributed by atoms with van der Waals surface area (Å²) in [7, 11) is 0. The van der Waals surface area contributed by atoms with Gasteiger partial charge in [0.1, 0.15) is 24.2 Å². The molecule has 0 radical (unpaired) electrons. The first-order valence-corrected chi connectivity index (χ1v) is 13.6. The second-order valence-electron chi connectivity index (χ2n) is 10.1. The van der Waals surface area contributed by atoms with Gasteiger partial charge in [-0.25, -0.2) is 9.78 Å². The van der Waals surface area contributed by atoms with Gasteiger partial charge in [-0.3, -0.25) is 9.69 Å². The third-order valence-electron chi connectivity index (χ3n) is 6.49. The molecule has 0 fully saturated rings. The number of carbonyl (C=O) groups excluding carboxylic acids is 1. The normalized spacial score (nSPS) is 13.6. The van der Waals surface area contributed by atoms with Crippen LogP contribution in [0, 0.1) is 5.92 Å². The Morgan fingerprint density at radius 1 is 1.11 bits per heavy atom. The van der Waals surface area contributed by atoms with Crippen LogP contribution in [0.15, 0.2) is 42.5 Å². The molecule has 1 aliphatic rings. The van der Waals surface area contributed by atoms with Crippen molar-refractivity contribution in [2.24, 2.45) is 5.92 Å². The lowest BCUT2D eigenvalue weighted by Gasteiger charge is -2.24. The van der Waals surface area contributed by atoms with Crippen LogP contribution in [-0.2, 0) is 22.4 Å². The fourth-order valence-corrected chi connectivity index (χ4v) is 4.49. The Balaban J connectivity index is 1.50. The third-order valence-corrected chi connectivity index (χ3v) is 6.49. The fraction of sp³-hybridized carbons (Fsp3) is 0.552. The minimum atomic E-state index is -0.996. The average Bonchev–Trinajstić information content (AvgIpc) is 2.88. The van der Waals surface area contributed by atoms with Crippen molar-refractivity contribution < 1.29 is 19.4 Å². The van der Waals surface area contributed by atoms with E-state index in [4.69, 9.17) is 9.72 Å². The number of hydrogen-bond donors (Lipinski definition) is 3. The zero-order valence-electron chi connectivity index (χ0n) is 22.2. The van der Waals surface area contributed by atoms with Crippen molar-refractivity contribution in [3.8, 4) is 5.75 Å². The maximum Gasteiger partial charge on any atom is 0.326 e. The molecular formula is C29H42N4O4. The van der Waals surface area contributed by atoms with Crippen molar-refractivity contribution in [2.45, 2.75) is 64.8 Å². The number of amides is 1. The zero-order chi connectivity index (χ0) is 26.5. The van der Waals surface area contributed by atoms with E-state index in [2.05, 4.69) is 27.7 Å². The first-order valence-electron chi connectivity index (χ1n) is 13.6. The molecule has 0 spiro atoms. The molecule has 0 saturated heterocycles. The van der Waals surface area contributed by atoms with E-state index in [1.165, 1.54) is 5.56 Å². The molecule has 0 aliphatic carbocycles. The number of benzene rings is 1. The van der Waals surface area contributed by atoms with Crippen LogP contribution in [0.1, 0.15) is 57.2 Å². The van der Waals surface area contributed by atoms with E-state index >= 15 is 0 Å². The van der Waals surface area contributed by atoms with Crippen LogP contribution >= 0.6 is 0 Å². The summed E-state index contributed by atoms with van der Waals surface area (Å²) in [6.45, 7) is 7.46. The van der Waals surface area contributed by atoms with E-state index in [1.54, 1.807) is 0 Å². The first kappa shape index (κ1) is 28.4. The number of nitrogens with zero attached hydrogens (tertiary/aromatic N) is 2. The number of carboxylic acids is 1. The number of aliphatic carboxylic acids is 1. The third kappa shape index (κ3) is 10.4. The van der Waals surface area contributed by atoms with Gasteiger partial charge in [0, 0.05) is 31.7 Å². The van der Waals surface area contributed by atoms with Gasteiger partial charge in [0.05, 0.1) is 0 Å². The lowest BCUT2D eigenvalue weighted by atomic mass is 10.1. The molecule has 37 heavy (non-hydrogen) atoms. The highest BCUT2D eigenvalue weighted by atomic mass is 16.5. The zero-order valence-corrected chi connectivity index (χ0v) is 22.2. The van der Waals surface area contributed by atoms with Gasteiger partial charge >= 0.3 is 5.97 Å². The quantitative estimate of drug-likeness (QED) is 0.292. The summed E-state index contributed by atoms with van der Waals surface area (Å²) >= 11 is 0. The van der Waals surface area contributed by atoms with Gasteiger partial charge in [-0.2, -0.15) is 0 Å². The number of para-hydroxylation sites is 1. The maximum atomic E-state index is 12.2. The van der Waals surface area contributed by atoms with Gasteiger partial charge in [-0.15, -0.1) is 0 Å². The Bertz CT molecular complexity index is 983. The predicted octanol–water partition coefficient (Wildman–Crippen LogP) is 4.15. The molecule has 1 aromatic carbocycles. The summed E-state index contributed by atoms with van der Waals surface area (Å²) in [6, 6.07) is 13.1. The molecule has 8 nitrogen and oxygen atoms in total. The number of nitrogens with one attached hydrogen (secondary N) is 2. The summed E-state index contributed by atoms with van der Waals surface area (Å²) in [5, 5.41) is 15.7. The lowest BCUT2D eigenvalue weighted by molar-refractivity contribution is -0.142. The topological polar surface area (TPSA) is 104 Å². The van der Waals surface area contributed by atoms with Gasteiger partial charge in [0.2, 0.25) is 5.91 Å². The van der Waals surface area contributed by atoms with Crippen LogP contribution in [0.5, 0.6) is 5.75 Å². The lowest BCUT2D eigenvalue weighted by Crippen LogP contribution is -2.44. The highest BCUT2D eigenvalue weighted by Gasteiger charge is 2.21. The first-order chi connectivity index (χ1) is 17.9. The van der Waals surface area contributed by atoms with E-state index in [1.807, 2.05) is 44.2 Å². The van der Waals surface area contributed by atoms with Gasteiger partial charge in [-0.1, -0.05) is 38.1 Å². The molecule has 1 aromatic heterocycles. The Morgan fingerprint density at radius 2 is 1.92 bits per heavy atom. The van der Waals surface area contributed by atoms with E-state index in [0.717, 1.165) is 62.5 Å². The molecule has 3 N–H and O–H groups in total. The number of unbranched alkanes of at least 4 members (excludes halogenated alkanes) is 1. The summed E-state index contributed by atoms with van der Waals surface area (Å²) in [5.74, 6) is 0.820.